The normalized spacial score (nSPS) is 18.7. The summed E-state index contributed by atoms with van der Waals surface area (Å²) in [6.45, 7) is 1.77. The van der Waals surface area contributed by atoms with Gasteiger partial charge in [0.2, 0.25) is 11.8 Å². The summed E-state index contributed by atoms with van der Waals surface area (Å²) in [4.78, 5) is 24.4. The third-order valence-electron chi connectivity index (χ3n) is 3.85. The molecule has 3 rings (SSSR count). The second-order valence-corrected chi connectivity index (χ2v) is 7.55. The Bertz CT molecular complexity index is 963. The summed E-state index contributed by atoms with van der Waals surface area (Å²) >= 11 is 6.93. The van der Waals surface area contributed by atoms with Gasteiger partial charge in [0.15, 0.2) is 5.17 Å². The van der Waals surface area contributed by atoms with Crippen molar-refractivity contribution in [1.82, 2.24) is 5.32 Å². The fourth-order valence-electron chi connectivity index (χ4n) is 2.38. The van der Waals surface area contributed by atoms with Crippen molar-refractivity contribution in [1.29, 1.82) is 0 Å². The molecule has 28 heavy (non-hydrogen) atoms. The maximum Gasteiger partial charge on any atom is 0.238 e. The van der Waals surface area contributed by atoms with Crippen molar-refractivity contribution in [2.24, 2.45) is 10.2 Å². The van der Waals surface area contributed by atoms with Crippen molar-refractivity contribution in [2.75, 3.05) is 5.32 Å². The van der Waals surface area contributed by atoms with Gasteiger partial charge in [-0.25, -0.2) is 4.39 Å². The average molecular weight is 419 g/mol. The smallest absolute Gasteiger partial charge is 0.238 e. The van der Waals surface area contributed by atoms with Gasteiger partial charge in [-0.1, -0.05) is 47.6 Å². The Morgan fingerprint density at radius 1 is 1.25 bits per heavy atom. The van der Waals surface area contributed by atoms with Crippen LogP contribution >= 0.6 is 23.4 Å². The van der Waals surface area contributed by atoms with Gasteiger partial charge in [-0.05, 0) is 36.8 Å². The maximum atomic E-state index is 13.7. The number of benzene rings is 2. The number of para-hydroxylation sites is 1. The third-order valence-corrected chi connectivity index (χ3v) is 5.17. The molecule has 1 atom stereocenters. The van der Waals surface area contributed by atoms with E-state index < -0.39 is 17.0 Å². The number of carbonyl (C=O) groups excluding carboxylic acids is 2. The fraction of sp³-hybridized carbons (Fsp3) is 0.158. The van der Waals surface area contributed by atoms with Crippen LogP contribution in [0.3, 0.4) is 0 Å². The molecule has 0 aliphatic carbocycles. The lowest BCUT2D eigenvalue weighted by molar-refractivity contribution is -0.123. The molecule has 0 aromatic heterocycles. The molecule has 1 aliphatic heterocycles. The number of hydrogen-bond donors (Lipinski definition) is 2. The van der Waals surface area contributed by atoms with Gasteiger partial charge in [-0.2, -0.15) is 5.10 Å². The van der Waals surface area contributed by atoms with E-state index >= 15 is 0 Å². The Hall–Kier alpha value is -2.71. The highest BCUT2D eigenvalue weighted by Gasteiger charge is 2.30. The Morgan fingerprint density at radius 3 is 2.68 bits per heavy atom. The molecule has 0 spiro atoms. The van der Waals surface area contributed by atoms with Crippen molar-refractivity contribution in [3.8, 4) is 0 Å². The molecule has 6 nitrogen and oxygen atoms in total. The molecule has 2 aromatic rings. The van der Waals surface area contributed by atoms with Gasteiger partial charge in [0.25, 0.3) is 0 Å². The number of carbonyl (C=O) groups is 2. The summed E-state index contributed by atoms with van der Waals surface area (Å²) < 4.78 is 13.7. The summed E-state index contributed by atoms with van der Waals surface area (Å²) in [6, 6.07) is 12.9. The molecule has 0 saturated carbocycles. The number of amidine groups is 1. The highest BCUT2D eigenvalue weighted by Crippen LogP contribution is 2.23. The summed E-state index contributed by atoms with van der Waals surface area (Å²) in [5.41, 5.74) is 1.51. The first kappa shape index (κ1) is 20.0. The quantitative estimate of drug-likeness (QED) is 0.585. The number of halogens is 2. The van der Waals surface area contributed by atoms with Crippen molar-refractivity contribution < 1.29 is 14.0 Å². The number of nitrogens with one attached hydrogen (secondary N) is 2. The van der Waals surface area contributed by atoms with Crippen LogP contribution in [0.5, 0.6) is 0 Å². The molecule has 2 amide bonds. The SMILES string of the molecule is C/C(=N/N=C1/NC(=O)C[C@H](C(=O)Nc2ccccc2F)S1)c1ccc(Cl)cc1. The predicted octanol–water partition coefficient (Wildman–Crippen LogP) is 3.82. The Morgan fingerprint density at radius 2 is 1.96 bits per heavy atom. The molecule has 1 heterocycles. The highest BCUT2D eigenvalue weighted by atomic mass is 35.5. The summed E-state index contributed by atoms with van der Waals surface area (Å²) in [5, 5.41) is 13.3. The van der Waals surface area contributed by atoms with Gasteiger partial charge in [0.05, 0.1) is 11.4 Å². The van der Waals surface area contributed by atoms with Crippen molar-refractivity contribution in [3.63, 3.8) is 0 Å². The first-order valence-corrected chi connectivity index (χ1v) is 9.58. The Balaban J connectivity index is 1.71. The molecule has 2 N–H and O–H groups in total. The van der Waals surface area contributed by atoms with E-state index in [2.05, 4.69) is 20.8 Å². The van der Waals surface area contributed by atoms with Crippen LogP contribution in [0.15, 0.2) is 58.7 Å². The zero-order valence-electron chi connectivity index (χ0n) is 14.8. The van der Waals surface area contributed by atoms with E-state index in [-0.39, 0.29) is 23.2 Å². The Kier molecular flexibility index (Phi) is 6.43. The lowest BCUT2D eigenvalue weighted by Gasteiger charge is -2.21. The van der Waals surface area contributed by atoms with Gasteiger partial charge in [0.1, 0.15) is 11.1 Å². The van der Waals surface area contributed by atoms with Crippen LogP contribution in [0.4, 0.5) is 10.1 Å². The number of rotatable bonds is 4. The highest BCUT2D eigenvalue weighted by molar-refractivity contribution is 8.15. The molecule has 1 aliphatic rings. The van der Waals surface area contributed by atoms with Gasteiger partial charge >= 0.3 is 0 Å². The number of hydrogen-bond acceptors (Lipinski definition) is 5. The molecule has 2 aromatic carbocycles. The van der Waals surface area contributed by atoms with Crippen LogP contribution in [0.2, 0.25) is 5.02 Å². The number of anilines is 1. The van der Waals surface area contributed by atoms with Crippen molar-refractivity contribution in [3.05, 3.63) is 64.9 Å². The molecule has 1 saturated heterocycles. The van der Waals surface area contributed by atoms with Gasteiger partial charge in [-0.3, -0.25) is 9.59 Å². The molecule has 9 heteroatoms. The van der Waals surface area contributed by atoms with Crippen molar-refractivity contribution in [2.45, 2.75) is 18.6 Å². The molecule has 0 unspecified atom stereocenters. The van der Waals surface area contributed by atoms with Crippen molar-refractivity contribution >= 4 is 51.7 Å². The zero-order valence-corrected chi connectivity index (χ0v) is 16.4. The molecule has 1 fully saturated rings. The lowest BCUT2D eigenvalue weighted by Crippen LogP contribution is -2.42. The lowest BCUT2D eigenvalue weighted by atomic mass is 10.1. The second kappa shape index (κ2) is 8.99. The standard InChI is InChI=1S/C19H16ClFN4O2S/c1-11(12-6-8-13(20)9-7-12)24-25-19-23-17(26)10-16(28-19)18(27)22-15-5-3-2-4-14(15)21/h2-9,16H,10H2,1H3,(H,22,27)(H,23,25,26)/b24-11-/t16-/m1/s1. The van der Waals surface area contributed by atoms with Gasteiger partial charge in [0, 0.05) is 11.4 Å². The van der Waals surface area contributed by atoms with E-state index in [1.54, 1.807) is 37.3 Å². The number of thioether (sulfide) groups is 1. The van der Waals surface area contributed by atoms with Crippen LogP contribution in [-0.2, 0) is 9.59 Å². The van der Waals surface area contributed by atoms with Crippen LogP contribution in [0.25, 0.3) is 0 Å². The van der Waals surface area contributed by atoms with Crippen LogP contribution in [0.1, 0.15) is 18.9 Å². The largest absolute Gasteiger partial charge is 0.323 e. The molecular weight excluding hydrogens is 403 g/mol. The third kappa shape index (κ3) is 5.17. The molecule has 0 bridgehead atoms. The minimum atomic E-state index is -0.738. The van der Waals surface area contributed by atoms with E-state index in [1.165, 1.54) is 18.2 Å². The summed E-state index contributed by atoms with van der Waals surface area (Å²) in [6.07, 6.45) is -0.0378. The van der Waals surface area contributed by atoms with E-state index in [9.17, 15) is 14.0 Å². The van der Waals surface area contributed by atoms with E-state index in [1.807, 2.05) is 0 Å². The number of amides is 2. The second-order valence-electron chi connectivity index (χ2n) is 5.93. The van der Waals surface area contributed by atoms with E-state index in [0.717, 1.165) is 17.3 Å². The molecular formula is C19H16ClFN4O2S. The summed E-state index contributed by atoms with van der Waals surface area (Å²) in [5.74, 6) is -1.38. The molecule has 144 valence electrons. The first-order valence-electron chi connectivity index (χ1n) is 8.32. The molecule has 0 radical (unpaired) electrons. The predicted molar refractivity (Wildman–Crippen MR) is 110 cm³/mol. The number of nitrogens with zero attached hydrogens (tertiary/aromatic N) is 2. The van der Waals surface area contributed by atoms with E-state index in [0.29, 0.717) is 10.7 Å². The average Bonchev–Trinajstić information content (AvgIpc) is 2.68. The Labute approximate surface area is 170 Å². The minimum absolute atomic E-state index is 0.0378. The fourth-order valence-corrected chi connectivity index (χ4v) is 3.44. The van der Waals surface area contributed by atoms with Crippen LogP contribution < -0.4 is 10.6 Å². The topological polar surface area (TPSA) is 82.9 Å². The first-order chi connectivity index (χ1) is 13.4. The van der Waals surface area contributed by atoms with E-state index in [4.69, 9.17) is 11.6 Å². The monoisotopic (exact) mass is 418 g/mol. The van der Waals surface area contributed by atoms with Gasteiger partial charge in [-0.15, -0.1) is 5.10 Å². The van der Waals surface area contributed by atoms with Crippen LogP contribution in [-0.4, -0.2) is 27.9 Å². The zero-order chi connectivity index (χ0) is 20.1. The minimum Gasteiger partial charge on any atom is -0.323 e. The van der Waals surface area contributed by atoms with Crippen LogP contribution in [0, 0.1) is 5.82 Å². The maximum absolute atomic E-state index is 13.7. The summed E-state index contributed by atoms with van der Waals surface area (Å²) in [7, 11) is 0. The van der Waals surface area contributed by atoms with Gasteiger partial charge < -0.3 is 10.6 Å².